The Labute approximate surface area is 133 Å². The number of halogens is 4. The van der Waals surface area contributed by atoms with E-state index in [0.717, 1.165) is 15.6 Å². The number of hydrogen-bond donors (Lipinski definition) is 0. The summed E-state index contributed by atoms with van der Waals surface area (Å²) in [4.78, 5) is -0.580. The summed E-state index contributed by atoms with van der Waals surface area (Å²) >= 11 is 6.79. The molecule has 20 heavy (non-hydrogen) atoms. The van der Waals surface area contributed by atoms with Crippen molar-refractivity contribution in [3.63, 3.8) is 0 Å². The lowest BCUT2D eigenvalue weighted by molar-refractivity contribution is 0.405. The Morgan fingerprint density at radius 2 is 1.70 bits per heavy atom. The van der Waals surface area contributed by atoms with E-state index in [4.69, 9.17) is 4.74 Å². The maximum atomic E-state index is 14.1. The molecule has 0 aliphatic rings. The molecular formula is C15H12Br2F2O. The summed E-state index contributed by atoms with van der Waals surface area (Å²) < 4.78 is 33.8. The molecule has 0 saturated carbocycles. The first-order chi connectivity index (χ1) is 9.43. The van der Waals surface area contributed by atoms with Crippen LogP contribution in [0.2, 0.25) is 0 Å². The van der Waals surface area contributed by atoms with Gasteiger partial charge in [0.15, 0.2) is 0 Å². The fourth-order valence-electron chi connectivity index (χ4n) is 1.91. The highest BCUT2D eigenvalue weighted by Gasteiger charge is 2.22. The standard InChI is InChI=1S/C15H12Br2F2O/c1-8-3-4-10(11(16)5-8)15(17)14-12(18)6-9(20-2)7-13(14)19/h3-7,15H,1-2H3. The van der Waals surface area contributed by atoms with Gasteiger partial charge < -0.3 is 4.74 Å². The van der Waals surface area contributed by atoms with Crippen LogP contribution in [0.4, 0.5) is 8.78 Å². The normalized spacial score (nSPS) is 12.3. The highest BCUT2D eigenvalue weighted by atomic mass is 79.9. The third-order valence-electron chi connectivity index (χ3n) is 2.97. The number of benzene rings is 2. The summed E-state index contributed by atoms with van der Waals surface area (Å²) in [6.45, 7) is 1.95. The van der Waals surface area contributed by atoms with E-state index >= 15 is 0 Å². The number of aryl methyl sites for hydroxylation is 1. The second-order valence-corrected chi connectivity index (χ2v) is 6.16. The number of rotatable bonds is 3. The van der Waals surface area contributed by atoms with Crippen LogP contribution in [0.1, 0.15) is 21.5 Å². The second kappa shape index (κ2) is 6.22. The van der Waals surface area contributed by atoms with Gasteiger partial charge in [0, 0.05) is 22.2 Å². The Balaban J connectivity index is 2.50. The predicted octanol–water partition coefficient (Wildman–Crippen LogP) is 5.53. The first kappa shape index (κ1) is 15.4. The summed E-state index contributed by atoms with van der Waals surface area (Å²) in [6, 6.07) is 7.99. The van der Waals surface area contributed by atoms with E-state index in [1.165, 1.54) is 19.2 Å². The Hall–Kier alpha value is -0.940. The Morgan fingerprint density at radius 3 is 2.20 bits per heavy atom. The van der Waals surface area contributed by atoms with Crippen LogP contribution in [0.25, 0.3) is 0 Å². The van der Waals surface area contributed by atoms with E-state index < -0.39 is 16.5 Å². The third-order valence-corrected chi connectivity index (χ3v) is 4.61. The average Bonchev–Trinajstić information content (AvgIpc) is 2.37. The quantitative estimate of drug-likeness (QED) is 0.610. The van der Waals surface area contributed by atoms with Crippen molar-refractivity contribution in [2.75, 3.05) is 7.11 Å². The molecule has 0 aliphatic heterocycles. The van der Waals surface area contributed by atoms with E-state index in [0.29, 0.717) is 0 Å². The minimum absolute atomic E-state index is 0.0321. The van der Waals surface area contributed by atoms with Crippen LogP contribution in [-0.2, 0) is 0 Å². The van der Waals surface area contributed by atoms with E-state index in [1.54, 1.807) is 0 Å². The average molecular weight is 406 g/mol. The highest BCUT2D eigenvalue weighted by molar-refractivity contribution is 9.11. The molecule has 0 saturated heterocycles. The molecule has 2 rings (SSSR count). The fraction of sp³-hybridized carbons (Fsp3) is 0.200. The van der Waals surface area contributed by atoms with Crippen LogP contribution in [0.3, 0.4) is 0 Å². The topological polar surface area (TPSA) is 9.23 Å². The maximum absolute atomic E-state index is 14.1. The highest BCUT2D eigenvalue weighted by Crippen LogP contribution is 2.39. The zero-order valence-electron chi connectivity index (χ0n) is 10.9. The minimum Gasteiger partial charge on any atom is -0.497 e. The number of alkyl halides is 1. The maximum Gasteiger partial charge on any atom is 0.134 e. The van der Waals surface area contributed by atoms with Crippen LogP contribution in [0.15, 0.2) is 34.8 Å². The van der Waals surface area contributed by atoms with Crippen LogP contribution >= 0.6 is 31.9 Å². The van der Waals surface area contributed by atoms with Crippen LogP contribution in [-0.4, -0.2) is 7.11 Å². The molecule has 0 fully saturated rings. The molecule has 0 spiro atoms. The van der Waals surface area contributed by atoms with Crippen molar-refractivity contribution in [3.05, 3.63) is 63.1 Å². The van der Waals surface area contributed by atoms with Gasteiger partial charge in [0.05, 0.1) is 11.9 Å². The molecule has 0 bridgehead atoms. The summed E-state index contributed by atoms with van der Waals surface area (Å²) in [5, 5.41) is 0. The molecule has 2 aromatic rings. The molecule has 1 nitrogen and oxygen atoms in total. The predicted molar refractivity (Wildman–Crippen MR) is 82.6 cm³/mol. The van der Waals surface area contributed by atoms with Crippen molar-refractivity contribution in [3.8, 4) is 5.75 Å². The molecule has 2 aromatic carbocycles. The monoisotopic (exact) mass is 404 g/mol. The summed E-state index contributed by atoms with van der Waals surface area (Å²) in [5.41, 5.74) is 1.80. The van der Waals surface area contributed by atoms with Crippen molar-refractivity contribution in [2.24, 2.45) is 0 Å². The number of ether oxygens (including phenoxy) is 1. The van der Waals surface area contributed by atoms with Gasteiger partial charge in [-0.25, -0.2) is 8.78 Å². The lowest BCUT2D eigenvalue weighted by Crippen LogP contribution is -2.02. The third kappa shape index (κ3) is 3.04. The van der Waals surface area contributed by atoms with Crippen LogP contribution < -0.4 is 4.74 Å². The summed E-state index contributed by atoms with van der Waals surface area (Å²) in [6.07, 6.45) is 0. The summed E-state index contributed by atoms with van der Waals surface area (Å²) in [5.74, 6) is -1.13. The molecule has 0 aromatic heterocycles. The van der Waals surface area contributed by atoms with Crippen LogP contribution in [0.5, 0.6) is 5.75 Å². The fourth-order valence-corrected chi connectivity index (χ4v) is 3.78. The molecule has 0 aliphatic carbocycles. The molecule has 0 N–H and O–H groups in total. The van der Waals surface area contributed by atoms with Gasteiger partial charge in [-0.3, -0.25) is 0 Å². The molecule has 0 amide bonds. The number of hydrogen-bond acceptors (Lipinski definition) is 1. The van der Waals surface area contributed by atoms with Crippen molar-refractivity contribution in [2.45, 2.75) is 11.8 Å². The molecule has 0 radical (unpaired) electrons. The molecule has 1 atom stereocenters. The molecule has 5 heteroatoms. The zero-order valence-corrected chi connectivity index (χ0v) is 14.1. The van der Waals surface area contributed by atoms with Crippen molar-refractivity contribution >= 4 is 31.9 Å². The Kier molecular flexibility index (Phi) is 4.81. The Bertz CT molecular complexity index is 621. The van der Waals surface area contributed by atoms with Gasteiger partial charge in [0.25, 0.3) is 0 Å². The SMILES string of the molecule is COc1cc(F)c(C(Br)c2ccc(C)cc2Br)c(F)c1. The van der Waals surface area contributed by atoms with Crippen molar-refractivity contribution < 1.29 is 13.5 Å². The lowest BCUT2D eigenvalue weighted by Gasteiger charge is -2.15. The van der Waals surface area contributed by atoms with E-state index in [1.807, 2.05) is 25.1 Å². The largest absolute Gasteiger partial charge is 0.497 e. The van der Waals surface area contributed by atoms with E-state index in [-0.39, 0.29) is 11.3 Å². The van der Waals surface area contributed by atoms with Crippen molar-refractivity contribution in [1.82, 2.24) is 0 Å². The van der Waals surface area contributed by atoms with E-state index in [2.05, 4.69) is 31.9 Å². The van der Waals surface area contributed by atoms with Gasteiger partial charge in [0.1, 0.15) is 17.4 Å². The van der Waals surface area contributed by atoms with Gasteiger partial charge in [-0.2, -0.15) is 0 Å². The minimum atomic E-state index is -0.642. The first-order valence-electron chi connectivity index (χ1n) is 5.87. The summed E-state index contributed by atoms with van der Waals surface area (Å²) in [7, 11) is 1.37. The van der Waals surface area contributed by atoms with Gasteiger partial charge in [-0.05, 0) is 24.1 Å². The van der Waals surface area contributed by atoms with Gasteiger partial charge >= 0.3 is 0 Å². The Morgan fingerprint density at radius 1 is 1.10 bits per heavy atom. The van der Waals surface area contributed by atoms with Gasteiger partial charge in [0.2, 0.25) is 0 Å². The van der Waals surface area contributed by atoms with Gasteiger partial charge in [-0.1, -0.05) is 44.0 Å². The van der Waals surface area contributed by atoms with Gasteiger partial charge in [-0.15, -0.1) is 0 Å². The van der Waals surface area contributed by atoms with Crippen LogP contribution in [0, 0.1) is 18.6 Å². The number of methoxy groups -OCH3 is 1. The first-order valence-corrected chi connectivity index (χ1v) is 7.58. The lowest BCUT2D eigenvalue weighted by atomic mass is 10.0. The molecule has 0 heterocycles. The molecule has 106 valence electrons. The smallest absolute Gasteiger partial charge is 0.134 e. The molecular weight excluding hydrogens is 394 g/mol. The molecule has 1 unspecified atom stereocenters. The second-order valence-electron chi connectivity index (χ2n) is 4.39. The van der Waals surface area contributed by atoms with Crippen molar-refractivity contribution in [1.29, 1.82) is 0 Å². The van der Waals surface area contributed by atoms with E-state index in [9.17, 15) is 8.78 Å². The zero-order chi connectivity index (χ0) is 14.9.